The number of aryl methyl sites for hydroxylation is 1. The van der Waals surface area contributed by atoms with E-state index in [9.17, 15) is 14.7 Å². The third-order valence-electron chi connectivity index (χ3n) is 6.02. The number of halogens is 2. The van der Waals surface area contributed by atoms with Crippen LogP contribution in [0.3, 0.4) is 0 Å². The Hall–Kier alpha value is -3.68. The minimum atomic E-state index is -1.01. The number of anilines is 1. The molecule has 1 heterocycles. The molecule has 1 unspecified atom stereocenters. The first kappa shape index (κ1) is 25.4. The molecule has 0 saturated carbocycles. The Morgan fingerprint density at radius 2 is 1.44 bits per heavy atom. The van der Waals surface area contributed by atoms with Gasteiger partial charge >= 0.3 is 0 Å². The molecule has 186 valence electrons. The van der Waals surface area contributed by atoms with Crippen molar-refractivity contribution in [2.75, 3.05) is 26.2 Å². The number of rotatable bonds is 6. The summed E-state index contributed by atoms with van der Waals surface area (Å²) in [4.78, 5) is 28.3. The predicted octanol–water partition coefficient (Wildman–Crippen LogP) is 5.95. The van der Waals surface area contributed by atoms with Crippen molar-refractivity contribution >= 4 is 46.3 Å². The van der Waals surface area contributed by atoms with Crippen LogP contribution in [0.2, 0.25) is 10.0 Å². The molecule has 0 spiro atoms. The quantitative estimate of drug-likeness (QED) is 0.242. The average Bonchev–Trinajstić information content (AvgIpc) is 3.14. The van der Waals surface area contributed by atoms with Crippen molar-refractivity contribution < 1.29 is 28.9 Å². The van der Waals surface area contributed by atoms with Crippen molar-refractivity contribution in [3.05, 3.63) is 86.9 Å². The van der Waals surface area contributed by atoms with E-state index in [2.05, 4.69) is 0 Å². The lowest BCUT2D eigenvalue weighted by Gasteiger charge is -2.27. The summed E-state index contributed by atoms with van der Waals surface area (Å²) in [5, 5.41) is 12.2. The van der Waals surface area contributed by atoms with E-state index in [4.69, 9.17) is 37.4 Å². The smallest absolute Gasteiger partial charge is 0.300 e. The van der Waals surface area contributed by atoms with Gasteiger partial charge in [0.15, 0.2) is 11.5 Å². The van der Waals surface area contributed by atoms with Gasteiger partial charge in [-0.3, -0.25) is 14.5 Å². The van der Waals surface area contributed by atoms with Gasteiger partial charge in [0.1, 0.15) is 11.5 Å². The molecule has 0 radical (unpaired) electrons. The Balaban J connectivity index is 2.04. The molecule has 3 aromatic carbocycles. The number of aliphatic hydroxyl groups is 1. The van der Waals surface area contributed by atoms with Crippen LogP contribution in [-0.4, -0.2) is 38.1 Å². The van der Waals surface area contributed by atoms with E-state index in [0.29, 0.717) is 38.4 Å². The molecule has 1 aliphatic rings. The largest absolute Gasteiger partial charge is 0.507 e. The van der Waals surface area contributed by atoms with E-state index in [1.54, 1.807) is 55.5 Å². The zero-order valence-corrected chi connectivity index (χ0v) is 21.5. The molecule has 0 aromatic heterocycles. The number of benzene rings is 3. The summed E-state index contributed by atoms with van der Waals surface area (Å²) in [6, 6.07) is 13.7. The van der Waals surface area contributed by atoms with Crippen LogP contribution in [-0.2, 0) is 9.59 Å². The van der Waals surface area contributed by atoms with E-state index < -0.39 is 23.5 Å². The number of hydrogen-bond acceptors (Lipinski definition) is 6. The van der Waals surface area contributed by atoms with Crippen LogP contribution >= 0.6 is 23.2 Å². The molecular weight excluding hydrogens is 505 g/mol. The Morgan fingerprint density at radius 1 is 0.833 bits per heavy atom. The maximum absolute atomic E-state index is 13.5. The second-order valence-electron chi connectivity index (χ2n) is 8.06. The summed E-state index contributed by atoms with van der Waals surface area (Å²) in [6.45, 7) is 1.80. The summed E-state index contributed by atoms with van der Waals surface area (Å²) in [6.07, 6.45) is 0. The van der Waals surface area contributed by atoms with E-state index in [1.807, 2.05) is 0 Å². The molecule has 4 rings (SSSR count). The van der Waals surface area contributed by atoms with Crippen LogP contribution in [0.4, 0.5) is 5.69 Å². The molecule has 3 aromatic rings. The minimum absolute atomic E-state index is 0.132. The fourth-order valence-electron chi connectivity index (χ4n) is 4.27. The van der Waals surface area contributed by atoms with Gasteiger partial charge in [-0.25, -0.2) is 0 Å². The SMILES string of the molecule is COc1ccc(C2/C(=C(\O)c3cc(Cl)ccc3OC)C(=O)C(=O)N2c2cc(Cl)ccc2C)cc1OC. The van der Waals surface area contributed by atoms with E-state index in [1.165, 1.54) is 32.3 Å². The fraction of sp³-hybridized carbons (Fsp3) is 0.185. The van der Waals surface area contributed by atoms with Gasteiger partial charge < -0.3 is 19.3 Å². The number of hydrogen-bond donors (Lipinski definition) is 1. The molecular formula is C27H23Cl2NO6. The third kappa shape index (κ3) is 4.36. The zero-order valence-electron chi connectivity index (χ0n) is 20.0. The first-order valence-electron chi connectivity index (χ1n) is 10.8. The molecule has 1 atom stereocenters. The first-order chi connectivity index (χ1) is 17.2. The number of amides is 1. The highest BCUT2D eigenvalue weighted by Gasteiger charge is 2.48. The van der Waals surface area contributed by atoms with Crippen LogP contribution in [0.15, 0.2) is 60.2 Å². The van der Waals surface area contributed by atoms with Gasteiger partial charge in [-0.15, -0.1) is 0 Å². The van der Waals surface area contributed by atoms with Crippen molar-refractivity contribution in [1.29, 1.82) is 0 Å². The maximum atomic E-state index is 13.5. The van der Waals surface area contributed by atoms with Crippen LogP contribution in [0.25, 0.3) is 5.76 Å². The van der Waals surface area contributed by atoms with Gasteiger partial charge in [0.05, 0.1) is 38.5 Å². The molecule has 0 bridgehead atoms. The summed E-state index contributed by atoms with van der Waals surface area (Å²) < 4.78 is 16.2. The lowest BCUT2D eigenvalue weighted by atomic mass is 9.94. The molecule has 7 nitrogen and oxygen atoms in total. The van der Waals surface area contributed by atoms with Crippen molar-refractivity contribution in [2.45, 2.75) is 13.0 Å². The zero-order chi connectivity index (χ0) is 26.1. The molecule has 1 fully saturated rings. The fourth-order valence-corrected chi connectivity index (χ4v) is 4.61. The molecule has 9 heteroatoms. The summed E-state index contributed by atoms with van der Waals surface area (Å²) >= 11 is 12.4. The Morgan fingerprint density at radius 3 is 2.11 bits per heavy atom. The lowest BCUT2D eigenvalue weighted by Crippen LogP contribution is -2.30. The number of Topliss-reactive ketones (excluding diaryl/α,β-unsaturated/α-hetero) is 1. The molecule has 1 amide bonds. The molecule has 1 saturated heterocycles. The third-order valence-corrected chi connectivity index (χ3v) is 6.49. The predicted molar refractivity (Wildman–Crippen MR) is 139 cm³/mol. The Kier molecular flexibility index (Phi) is 7.15. The van der Waals surface area contributed by atoms with Crippen LogP contribution < -0.4 is 19.1 Å². The van der Waals surface area contributed by atoms with Crippen molar-refractivity contribution in [3.8, 4) is 17.2 Å². The lowest BCUT2D eigenvalue weighted by molar-refractivity contribution is -0.132. The number of carbonyl (C=O) groups excluding carboxylic acids is 2. The van der Waals surface area contributed by atoms with Crippen LogP contribution in [0.1, 0.15) is 22.7 Å². The maximum Gasteiger partial charge on any atom is 0.300 e. The highest BCUT2D eigenvalue weighted by Crippen LogP contribution is 2.46. The highest BCUT2D eigenvalue weighted by molar-refractivity contribution is 6.52. The summed E-state index contributed by atoms with van der Waals surface area (Å²) in [5.41, 5.74) is 1.70. The summed E-state index contributed by atoms with van der Waals surface area (Å²) in [7, 11) is 4.42. The monoisotopic (exact) mass is 527 g/mol. The molecule has 0 aliphatic carbocycles. The number of ether oxygens (including phenoxy) is 3. The van der Waals surface area contributed by atoms with Gasteiger partial charge in [0.25, 0.3) is 11.7 Å². The van der Waals surface area contributed by atoms with Crippen molar-refractivity contribution in [2.24, 2.45) is 0 Å². The van der Waals surface area contributed by atoms with Gasteiger partial charge in [-0.05, 0) is 60.5 Å². The van der Waals surface area contributed by atoms with Crippen LogP contribution in [0, 0.1) is 6.92 Å². The van der Waals surface area contributed by atoms with Gasteiger partial charge in [0.2, 0.25) is 0 Å². The second-order valence-corrected chi connectivity index (χ2v) is 8.93. The van der Waals surface area contributed by atoms with Gasteiger partial charge in [-0.1, -0.05) is 35.3 Å². The standard InChI is InChI=1S/C27H23Cl2NO6/c1-14-5-7-17(29)13-19(14)30-24(15-6-9-21(35-3)22(11-15)36-4)23(26(32)27(30)33)25(31)18-12-16(28)8-10-20(18)34-2/h5-13,24,31H,1-4H3/b25-23+. The highest BCUT2D eigenvalue weighted by atomic mass is 35.5. The van der Waals surface area contributed by atoms with Gasteiger partial charge in [0, 0.05) is 15.7 Å². The average molecular weight is 528 g/mol. The van der Waals surface area contributed by atoms with E-state index in [0.717, 1.165) is 0 Å². The molecule has 36 heavy (non-hydrogen) atoms. The molecule has 1 aliphatic heterocycles. The Labute approximate surface area is 218 Å². The number of methoxy groups -OCH3 is 3. The summed E-state index contributed by atoms with van der Waals surface area (Å²) in [5.74, 6) is -0.962. The number of carbonyl (C=O) groups is 2. The Bertz CT molecular complexity index is 1400. The number of nitrogens with zero attached hydrogens (tertiary/aromatic N) is 1. The van der Waals surface area contributed by atoms with E-state index in [-0.39, 0.29) is 16.9 Å². The minimum Gasteiger partial charge on any atom is -0.507 e. The number of aliphatic hydroxyl groups excluding tert-OH is 1. The topological polar surface area (TPSA) is 85.3 Å². The van der Waals surface area contributed by atoms with Gasteiger partial charge in [-0.2, -0.15) is 0 Å². The van der Waals surface area contributed by atoms with E-state index >= 15 is 0 Å². The number of ketones is 1. The van der Waals surface area contributed by atoms with Crippen LogP contribution in [0.5, 0.6) is 17.2 Å². The molecule has 1 N–H and O–H groups in total. The van der Waals surface area contributed by atoms with Crippen molar-refractivity contribution in [1.82, 2.24) is 0 Å². The van der Waals surface area contributed by atoms with Crippen molar-refractivity contribution in [3.63, 3.8) is 0 Å². The normalized spacial score (nSPS) is 16.8. The first-order valence-corrected chi connectivity index (χ1v) is 11.6. The second kappa shape index (κ2) is 10.1.